The number of nitrogens with zero attached hydrogens (tertiary/aromatic N) is 3. The molecule has 142 valence electrons. The third-order valence-electron chi connectivity index (χ3n) is 5.44. The predicted octanol–water partition coefficient (Wildman–Crippen LogP) is 1.81. The summed E-state index contributed by atoms with van der Waals surface area (Å²) in [7, 11) is 0. The van der Waals surface area contributed by atoms with Gasteiger partial charge >= 0.3 is 0 Å². The summed E-state index contributed by atoms with van der Waals surface area (Å²) in [5.74, 6) is 0.262. The van der Waals surface area contributed by atoms with E-state index in [9.17, 15) is 9.59 Å². The molecule has 0 aliphatic carbocycles. The minimum absolute atomic E-state index is 0.0165. The zero-order chi connectivity index (χ0) is 18.5. The molecule has 1 aromatic heterocycles. The van der Waals surface area contributed by atoms with Crippen molar-refractivity contribution in [2.75, 3.05) is 19.6 Å². The van der Waals surface area contributed by atoms with Crippen molar-refractivity contribution in [3.63, 3.8) is 0 Å². The van der Waals surface area contributed by atoms with Crippen LogP contribution >= 0.6 is 0 Å². The maximum absolute atomic E-state index is 12.8. The number of hydrogen-bond donors (Lipinski definition) is 1. The Kier molecular flexibility index (Phi) is 6.25. The van der Waals surface area contributed by atoms with E-state index in [1.54, 1.807) is 4.90 Å². The predicted molar refractivity (Wildman–Crippen MR) is 100 cm³/mol. The summed E-state index contributed by atoms with van der Waals surface area (Å²) < 4.78 is 0. The zero-order valence-corrected chi connectivity index (χ0v) is 15.9. The molecule has 2 fully saturated rings. The molecule has 6 nitrogen and oxygen atoms in total. The molecule has 0 bridgehead atoms. The summed E-state index contributed by atoms with van der Waals surface area (Å²) in [6.07, 6.45) is 7.00. The number of pyridine rings is 1. The third kappa shape index (κ3) is 4.61. The number of aromatic nitrogens is 1. The summed E-state index contributed by atoms with van der Waals surface area (Å²) in [5, 5.41) is 3.21. The molecule has 1 aromatic rings. The molecule has 0 aromatic carbocycles. The highest BCUT2D eigenvalue weighted by Crippen LogP contribution is 2.20. The lowest BCUT2D eigenvalue weighted by Crippen LogP contribution is -2.54. The van der Waals surface area contributed by atoms with Crippen LogP contribution in [0.4, 0.5) is 0 Å². The molecular weight excluding hydrogens is 328 g/mol. The molecule has 2 amide bonds. The Morgan fingerprint density at radius 2 is 1.92 bits per heavy atom. The second-order valence-electron chi connectivity index (χ2n) is 7.79. The fourth-order valence-electron chi connectivity index (χ4n) is 4.04. The molecule has 3 rings (SSSR count). The first-order valence-electron chi connectivity index (χ1n) is 9.75. The van der Waals surface area contributed by atoms with Gasteiger partial charge in [-0.1, -0.05) is 13.8 Å². The van der Waals surface area contributed by atoms with Gasteiger partial charge in [-0.05, 0) is 42.9 Å². The SMILES string of the molecule is CC(C)C(C(=O)NC1CCN(Cc2ccncc2)CC1)N1CCCC1=O. The Balaban J connectivity index is 1.50. The lowest BCUT2D eigenvalue weighted by atomic mass is 9.99. The van der Waals surface area contributed by atoms with Crippen molar-refractivity contribution in [2.24, 2.45) is 5.92 Å². The van der Waals surface area contributed by atoms with E-state index in [0.717, 1.165) is 38.9 Å². The standard InChI is InChI=1S/C20H30N4O2/c1-15(2)19(24-11-3-4-18(24)25)20(26)22-17-7-12-23(13-8-17)14-16-5-9-21-10-6-16/h5-6,9-10,15,17,19H,3-4,7-8,11-14H2,1-2H3,(H,22,26). The van der Waals surface area contributed by atoms with Gasteiger partial charge in [-0.25, -0.2) is 0 Å². The second-order valence-corrected chi connectivity index (χ2v) is 7.79. The van der Waals surface area contributed by atoms with Crippen molar-refractivity contribution in [1.82, 2.24) is 20.1 Å². The van der Waals surface area contributed by atoms with Gasteiger partial charge in [0.1, 0.15) is 6.04 Å². The summed E-state index contributed by atoms with van der Waals surface area (Å²) in [6, 6.07) is 3.97. The normalized spacial score (nSPS) is 20.6. The van der Waals surface area contributed by atoms with Crippen molar-refractivity contribution in [2.45, 2.75) is 58.2 Å². The van der Waals surface area contributed by atoms with Gasteiger partial charge in [0.05, 0.1) is 0 Å². The molecule has 2 aliphatic heterocycles. The van der Waals surface area contributed by atoms with E-state index in [0.29, 0.717) is 13.0 Å². The van der Waals surface area contributed by atoms with Gasteiger partial charge in [0, 0.05) is 51.0 Å². The number of amides is 2. The molecule has 3 heterocycles. The van der Waals surface area contributed by atoms with Crippen LogP contribution in [0, 0.1) is 5.92 Å². The second kappa shape index (κ2) is 8.62. The molecule has 1 unspecified atom stereocenters. The third-order valence-corrected chi connectivity index (χ3v) is 5.44. The quantitative estimate of drug-likeness (QED) is 0.842. The average Bonchev–Trinajstić information content (AvgIpc) is 3.03. The fourth-order valence-corrected chi connectivity index (χ4v) is 4.04. The lowest BCUT2D eigenvalue weighted by molar-refractivity contribution is -0.139. The number of carbonyl (C=O) groups excluding carboxylic acids is 2. The first kappa shape index (κ1) is 18.8. The van der Waals surface area contributed by atoms with E-state index in [2.05, 4.69) is 15.2 Å². The van der Waals surface area contributed by atoms with E-state index in [4.69, 9.17) is 0 Å². The highest BCUT2D eigenvalue weighted by molar-refractivity contribution is 5.89. The van der Waals surface area contributed by atoms with E-state index in [-0.39, 0.29) is 29.8 Å². The molecule has 2 saturated heterocycles. The van der Waals surface area contributed by atoms with E-state index in [1.807, 2.05) is 38.4 Å². The Morgan fingerprint density at radius 1 is 1.23 bits per heavy atom. The molecule has 0 radical (unpaired) electrons. The molecule has 1 N–H and O–H groups in total. The Bertz CT molecular complexity index is 611. The molecule has 1 atom stereocenters. The number of carbonyl (C=O) groups is 2. The van der Waals surface area contributed by atoms with Crippen LogP contribution in [0.15, 0.2) is 24.5 Å². The molecule has 2 aliphatic rings. The van der Waals surface area contributed by atoms with Crippen LogP contribution in [-0.2, 0) is 16.1 Å². The average molecular weight is 358 g/mol. The van der Waals surface area contributed by atoms with Gasteiger partial charge in [-0.2, -0.15) is 0 Å². The Labute approximate surface area is 156 Å². The smallest absolute Gasteiger partial charge is 0.243 e. The van der Waals surface area contributed by atoms with E-state index >= 15 is 0 Å². The van der Waals surface area contributed by atoms with Crippen LogP contribution in [-0.4, -0.2) is 58.3 Å². The topological polar surface area (TPSA) is 65.5 Å². The maximum Gasteiger partial charge on any atom is 0.243 e. The van der Waals surface area contributed by atoms with Crippen molar-refractivity contribution >= 4 is 11.8 Å². The van der Waals surface area contributed by atoms with Crippen LogP contribution in [0.5, 0.6) is 0 Å². The minimum Gasteiger partial charge on any atom is -0.351 e. The van der Waals surface area contributed by atoms with Crippen LogP contribution < -0.4 is 5.32 Å². The molecule has 26 heavy (non-hydrogen) atoms. The number of likely N-dealkylation sites (tertiary alicyclic amines) is 2. The highest BCUT2D eigenvalue weighted by Gasteiger charge is 2.36. The van der Waals surface area contributed by atoms with Crippen molar-refractivity contribution in [3.8, 4) is 0 Å². The van der Waals surface area contributed by atoms with Crippen molar-refractivity contribution in [3.05, 3.63) is 30.1 Å². The molecule has 0 saturated carbocycles. The monoisotopic (exact) mass is 358 g/mol. The molecule has 0 spiro atoms. The Morgan fingerprint density at radius 3 is 2.50 bits per heavy atom. The number of rotatable bonds is 6. The number of hydrogen-bond acceptors (Lipinski definition) is 4. The van der Waals surface area contributed by atoms with Crippen molar-refractivity contribution < 1.29 is 9.59 Å². The van der Waals surface area contributed by atoms with Gasteiger partial charge in [0.15, 0.2) is 0 Å². The van der Waals surface area contributed by atoms with E-state index < -0.39 is 0 Å². The van der Waals surface area contributed by atoms with E-state index in [1.165, 1.54) is 5.56 Å². The summed E-state index contributed by atoms with van der Waals surface area (Å²) in [5.41, 5.74) is 1.27. The largest absolute Gasteiger partial charge is 0.351 e. The lowest BCUT2D eigenvalue weighted by Gasteiger charge is -2.35. The summed E-state index contributed by atoms with van der Waals surface area (Å²) in [6.45, 7) is 7.63. The van der Waals surface area contributed by atoms with Crippen LogP contribution in [0.3, 0.4) is 0 Å². The highest BCUT2D eigenvalue weighted by atomic mass is 16.2. The summed E-state index contributed by atoms with van der Waals surface area (Å²) >= 11 is 0. The first-order valence-corrected chi connectivity index (χ1v) is 9.75. The van der Waals surface area contributed by atoms with Gasteiger partial charge in [-0.3, -0.25) is 19.5 Å². The molecular formula is C20H30N4O2. The van der Waals surface area contributed by atoms with Crippen LogP contribution in [0.25, 0.3) is 0 Å². The first-order chi connectivity index (χ1) is 12.5. The van der Waals surface area contributed by atoms with Gasteiger partial charge in [0.2, 0.25) is 11.8 Å². The summed E-state index contributed by atoms with van der Waals surface area (Å²) in [4.78, 5) is 33.2. The number of nitrogens with one attached hydrogen (secondary N) is 1. The maximum atomic E-state index is 12.8. The van der Waals surface area contributed by atoms with Crippen molar-refractivity contribution in [1.29, 1.82) is 0 Å². The number of piperidine rings is 1. The van der Waals surface area contributed by atoms with Crippen LogP contribution in [0.1, 0.15) is 45.1 Å². The molecule has 6 heteroatoms. The van der Waals surface area contributed by atoms with Crippen LogP contribution in [0.2, 0.25) is 0 Å². The Hall–Kier alpha value is -1.95. The van der Waals surface area contributed by atoms with Gasteiger partial charge in [-0.15, -0.1) is 0 Å². The van der Waals surface area contributed by atoms with Gasteiger partial charge in [0.25, 0.3) is 0 Å². The zero-order valence-electron chi connectivity index (χ0n) is 15.9. The van der Waals surface area contributed by atoms with Gasteiger partial charge < -0.3 is 10.2 Å². The fraction of sp³-hybridized carbons (Fsp3) is 0.650. The minimum atomic E-state index is -0.333.